The van der Waals surface area contributed by atoms with Crippen molar-refractivity contribution in [1.29, 1.82) is 0 Å². The zero-order chi connectivity index (χ0) is 52.5. The maximum Gasteiger partial charge on any atom is 0.226 e. The Kier molecular flexibility index (Phi) is 19.3. The van der Waals surface area contributed by atoms with Crippen LogP contribution in [0.3, 0.4) is 0 Å². The van der Waals surface area contributed by atoms with Crippen molar-refractivity contribution >= 4 is 45.9 Å². The van der Waals surface area contributed by atoms with Crippen molar-refractivity contribution in [2.45, 2.75) is 111 Å². The van der Waals surface area contributed by atoms with E-state index in [4.69, 9.17) is 25.7 Å². The molecule has 15 nitrogen and oxygen atoms in total. The molecule has 6 heterocycles. The van der Waals surface area contributed by atoms with E-state index in [0.717, 1.165) is 72.6 Å². The van der Waals surface area contributed by atoms with Crippen molar-refractivity contribution < 1.29 is 0 Å². The minimum absolute atomic E-state index is 0.274. The number of rotatable bonds is 17. The normalized spacial score (nSPS) is 15.5. The van der Waals surface area contributed by atoms with Crippen LogP contribution in [0.15, 0.2) is 122 Å². The number of fused-ring (bicyclic) bond motifs is 2. The summed E-state index contributed by atoms with van der Waals surface area (Å²) in [7, 11) is 0. The van der Waals surface area contributed by atoms with E-state index in [-0.39, 0.29) is 12.1 Å². The lowest BCUT2D eigenvalue weighted by Crippen LogP contribution is -2.31. The number of imidazole rings is 2. The summed E-state index contributed by atoms with van der Waals surface area (Å²) >= 11 is 0. The minimum Gasteiger partial charge on any atom is -0.364 e. The molecule has 15 heteroatoms. The Morgan fingerprint density at radius 2 is 0.868 bits per heavy atom. The van der Waals surface area contributed by atoms with Gasteiger partial charge in [0.05, 0.1) is 12.7 Å². The maximum atomic E-state index is 5.48. The molecule has 8 aromatic rings. The first-order valence-electron chi connectivity index (χ1n) is 28.1. The van der Waals surface area contributed by atoms with E-state index in [1.54, 1.807) is 0 Å². The first-order chi connectivity index (χ1) is 37.3. The molecule has 4 aromatic carbocycles. The third-order valence-corrected chi connectivity index (χ3v) is 15.1. The van der Waals surface area contributed by atoms with Crippen LogP contribution >= 0.6 is 0 Å². The number of nitrogens with two attached hydrogens (primary N) is 1. The topological polar surface area (TPSA) is 185 Å². The molecule has 0 atom stereocenters. The van der Waals surface area contributed by atoms with E-state index in [1.165, 1.54) is 104 Å². The predicted molar refractivity (Wildman–Crippen MR) is 314 cm³/mol. The zero-order valence-electron chi connectivity index (χ0n) is 45.3. The first kappa shape index (κ1) is 53.9. The van der Waals surface area contributed by atoms with Gasteiger partial charge in [0.25, 0.3) is 0 Å². The molecule has 4 aromatic heterocycles. The molecular weight excluding hydrogens is 943 g/mol. The highest BCUT2D eigenvalue weighted by Crippen LogP contribution is 2.29. The Labute approximate surface area is 450 Å². The summed E-state index contributed by atoms with van der Waals surface area (Å²) in [6, 6.07) is 38.8. The Bertz CT molecular complexity index is 2780. The lowest BCUT2D eigenvalue weighted by Gasteiger charge is -2.22. The van der Waals surface area contributed by atoms with E-state index in [1.807, 2.05) is 24.8 Å². The van der Waals surface area contributed by atoms with Crippen molar-refractivity contribution in [2.24, 2.45) is 23.5 Å². The van der Waals surface area contributed by atoms with Crippen LogP contribution in [0.1, 0.15) is 109 Å². The molecule has 76 heavy (non-hydrogen) atoms. The standard InChI is InChI=1S/C28H34N6.C27H33N7.C6H14N2/c1-20(2)34-19-31-25-26(32-28(33-27(25)34)30-18-21-9-5-3-6-10-21)29-17-22-13-15-24(16-14-22)23-11-7-4-8-12-23;1-19(2)34-18-31-24-25(32-27(33-26(24)34)30-17-21-12-14-28-15-13-21)29-16-20-8-10-23(11-9-20)22-6-4-3-5-7-22;7-5-6-1-3-8-4-2-6/h4,7-8,11-16,19-21H,3,5-6,9-10,17-18H2,1-2H3,(H2,29,30,32,33);3-11,18-19,21,28H,12-17H2,1-2H3,(H2,29,30,32,33);6,8H,1-5,7H2. The first-order valence-corrected chi connectivity index (χ1v) is 28.1. The van der Waals surface area contributed by atoms with E-state index < -0.39 is 0 Å². The zero-order valence-corrected chi connectivity index (χ0v) is 45.3. The van der Waals surface area contributed by atoms with Gasteiger partial charge in [-0.3, -0.25) is 0 Å². The van der Waals surface area contributed by atoms with E-state index in [2.05, 4.69) is 176 Å². The third-order valence-electron chi connectivity index (χ3n) is 15.1. The second kappa shape index (κ2) is 27.2. The van der Waals surface area contributed by atoms with Crippen LogP contribution in [0.4, 0.5) is 23.5 Å². The van der Waals surface area contributed by atoms with Gasteiger partial charge in [-0.25, -0.2) is 9.97 Å². The Morgan fingerprint density at radius 3 is 1.26 bits per heavy atom. The van der Waals surface area contributed by atoms with Crippen molar-refractivity contribution in [3.8, 4) is 22.3 Å². The number of hydrogen-bond donors (Lipinski definition) is 7. The predicted octanol–water partition coefficient (Wildman–Crippen LogP) is 11.7. The highest BCUT2D eigenvalue weighted by atomic mass is 15.2. The molecule has 400 valence electrons. The highest BCUT2D eigenvalue weighted by molar-refractivity contribution is 5.85. The van der Waals surface area contributed by atoms with Crippen LogP contribution in [-0.2, 0) is 13.1 Å². The van der Waals surface area contributed by atoms with Crippen LogP contribution in [-0.4, -0.2) is 84.9 Å². The quantitative estimate of drug-likeness (QED) is 0.0457. The van der Waals surface area contributed by atoms with E-state index in [0.29, 0.717) is 36.8 Å². The Balaban J connectivity index is 0.000000162. The molecule has 0 amide bonds. The molecule has 1 saturated carbocycles. The average Bonchev–Trinajstić information content (AvgIpc) is 4.14. The molecule has 3 aliphatic rings. The fraction of sp³-hybridized carbons (Fsp3) is 0.443. The van der Waals surface area contributed by atoms with E-state index >= 15 is 0 Å². The number of benzene rings is 4. The summed E-state index contributed by atoms with van der Waals surface area (Å²) < 4.78 is 4.22. The average molecular weight is 1020 g/mol. The molecule has 0 bridgehead atoms. The summed E-state index contributed by atoms with van der Waals surface area (Å²) in [4.78, 5) is 28.6. The lowest BCUT2D eigenvalue weighted by atomic mass is 9.89. The molecule has 1 aliphatic carbocycles. The number of hydrogen-bond acceptors (Lipinski definition) is 13. The van der Waals surface area contributed by atoms with Crippen molar-refractivity contribution in [3.05, 3.63) is 133 Å². The summed E-state index contributed by atoms with van der Waals surface area (Å²) in [5.74, 6) is 5.05. The van der Waals surface area contributed by atoms with Crippen molar-refractivity contribution in [3.63, 3.8) is 0 Å². The van der Waals surface area contributed by atoms with Gasteiger partial charge < -0.3 is 46.8 Å². The van der Waals surface area contributed by atoms with Crippen LogP contribution in [0.5, 0.6) is 0 Å². The van der Waals surface area contributed by atoms with Gasteiger partial charge >= 0.3 is 0 Å². The number of piperidine rings is 2. The lowest BCUT2D eigenvalue weighted by molar-refractivity contribution is 0.373. The number of anilines is 4. The number of aromatic nitrogens is 8. The molecule has 0 radical (unpaired) electrons. The molecule has 3 fully saturated rings. The largest absolute Gasteiger partial charge is 0.364 e. The van der Waals surface area contributed by atoms with Gasteiger partial charge in [0.15, 0.2) is 34.0 Å². The SMILES string of the molecule is CC(C)n1cnc2c(NCc3ccc(-c4ccccc4)cc3)nc(NCC3CCCCC3)nc21.CC(C)n1cnc2c(NCc3ccc(-c4ccccc4)cc3)nc(NCC3CCNCC3)nc21.NCC1CCNCC1. The van der Waals surface area contributed by atoms with E-state index in [9.17, 15) is 0 Å². The molecule has 0 spiro atoms. The molecule has 8 N–H and O–H groups in total. The monoisotopic (exact) mass is 1020 g/mol. The smallest absolute Gasteiger partial charge is 0.226 e. The number of nitrogens with zero attached hydrogens (tertiary/aromatic N) is 8. The summed E-state index contributed by atoms with van der Waals surface area (Å²) in [6.45, 7) is 17.2. The summed E-state index contributed by atoms with van der Waals surface area (Å²) in [5, 5.41) is 20.8. The second-order valence-electron chi connectivity index (χ2n) is 21.3. The van der Waals surface area contributed by atoms with Gasteiger partial charge in [0.1, 0.15) is 0 Å². The van der Waals surface area contributed by atoms with Crippen LogP contribution in [0.2, 0.25) is 0 Å². The maximum absolute atomic E-state index is 5.48. The molecule has 11 rings (SSSR count). The van der Waals surface area contributed by atoms with Gasteiger partial charge in [-0.15, -0.1) is 0 Å². The second-order valence-corrected chi connectivity index (χ2v) is 21.3. The molecule has 2 aliphatic heterocycles. The van der Waals surface area contributed by atoms with Gasteiger partial charge in [-0.2, -0.15) is 19.9 Å². The van der Waals surface area contributed by atoms with Gasteiger partial charge in [-0.1, -0.05) is 128 Å². The van der Waals surface area contributed by atoms with Gasteiger partial charge in [-0.05, 0) is 150 Å². The minimum atomic E-state index is 0.274. The molecule has 2 saturated heterocycles. The van der Waals surface area contributed by atoms with Gasteiger partial charge in [0.2, 0.25) is 11.9 Å². The highest BCUT2D eigenvalue weighted by Gasteiger charge is 2.20. The van der Waals surface area contributed by atoms with Crippen molar-refractivity contribution in [1.82, 2.24) is 49.7 Å². The summed E-state index contributed by atoms with van der Waals surface area (Å²) in [5.41, 5.74) is 16.1. The fourth-order valence-corrected chi connectivity index (χ4v) is 10.3. The number of nitrogens with one attached hydrogen (secondary N) is 6. The summed E-state index contributed by atoms with van der Waals surface area (Å²) in [6.07, 6.45) is 15.3. The van der Waals surface area contributed by atoms with Crippen LogP contribution < -0.4 is 37.6 Å². The van der Waals surface area contributed by atoms with Crippen molar-refractivity contribution in [2.75, 3.05) is 67.1 Å². The Morgan fingerprint density at radius 1 is 0.474 bits per heavy atom. The van der Waals surface area contributed by atoms with Crippen LogP contribution in [0, 0.1) is 17.8 Å². The third kappa shape index (κ3) is 14.7. The molecule has 0 unspecified atom stereocenters. The Hall–Kier alpha value is -6.94. The molecular formula is C61H81N15. The van der Waals surface area contributed by atoms with Crippen LogP contribution in [0.25, 0.3) is 44.6 Å². The van der Waals surface area contributed by atoms with Gasteiger partial charge in [0, 0.05) is 38.3 Å². The fourth-order valence-electron chi connectivity index (χ4n) is 10.3.